The highest BCUT2D eigenvalue weighted by atomic mass is 15.3. The molecule has 1 heterocycles. The highest BCUT2D eigenvalue weighted by Crippen LogP contribution is 2.06. The standard InChI is InChI=1S/C12H23N3/c1-5-10(2)11(3)13-8-6-12-7-9-14-15(12)4/h7,9-11,13H,5-6,8H2,1-4H3. The number of nitrogens with zero attached hydrogens (tertiary/aromatic N) is 2. The van der Waals surface area contributed by atoms with Crippen LogP contribution in [0.1, 0.15) is 32.9 Å². The van der Waals surface area contributed by atoms with Gasteiger partial charge in [-0.3, -0.25) is 4.68 Å². The molecule has 1 aromatic rings. The minimum absolute atomic E-state index is 0.600. The molecule has 0 spiro atoms. The Labute approximate surface area is 92.9 Å². The predicted molar refractivity (Wildman–Crippen MR) is 63.8 cm³/mol. The van der Waals surface area contributed by atoms with Crippen molar-refractivity contribution >= 4 is 0 Å². The van der Waals surface area contributed by atoms with Gasteiger partial charge in [-0.1, -0.05) is 20.3 Å². The van der Waals surface area contributed by atoms with Crippen LogP contribution in [0.5, 0.6) is 0 Å². The molecule has 86 valence electrons. The summed E-state index contributed by atoms with van der Waals surface area (Å²) in [6.45, 7) is 7.83. The van der Waals surface area contributed by atoms with Crippen LogP contribution in [0.15, 0.2) is 12.3 Å². The summed E-state index contributed by atoms with van der Waals surface area (Å²) in [5, 5.41) is 7.71. The highest BCUT2D eigenvalue weighted by molar-refractivity contribution is 5.00. The molecule has 2 atom stereocenters. The summed E-state index contributed by atoms with van der Waals surface area (Å²) in [7, 11) is 1.99. The molecule has 3 nitrogen and oxygen atoms in total. The molecule has 15 heavy (non-hydrogen) atoms. The zero-order chi connectivity index (χ0) is 11.3. The van der Waals surface area contributed by atoms with Crippen LogP contribution in [-0.2, 0) is 13.5 Å². The number of rotatable bonds is 6. The first kappa shape index (κ1) is 12.2. The van der Waals surface area contributed by atoms with Gasteiger partial charge in [0.2, 0.25) is 0 Å². The summed E-state index contributed by atoms with van der Waals surface area (Å²) in [5.74, 6) is 0.747. The van der Waals surface area contributed by atoms with Gasteiger partial charge in [0, 0.05) is 37.9 Å². The Morgan fingerprint density at radius 1 is 1.47 bits per heavy atom. The third kappa shape index (κ3) is 3.67. The lowest BCUT2D eigenvalue weighted by Gasteiger charge is -2.19. The first-order chi connectivity index (χ1) is 7.15. The first-order valence-corrected chi connectivity index (χ1v) is 5.85. The lowest BCUT2D eigenvalue weighted by Crippen LogP contribution is -2.33. The molecule has 0 aromatic carbocycles. The average molecular weight is 209 g/mol. The molecule has 1 aromatic heterocycles. The Balaban J connectivity index is 2.25. The van der Waals surface area contributed by atoms with Gasteiger partial charge in [-0.2, -0.15) is 5.10 Å². The number of hydrogen-bond acceptors (Lipinski definition) is 2. The van der Waals surface area contributed by atoms with Gasteiger partial charge in [-0.25, -0.2) is 0 Å². The SMILES string of the molecule is CCC(C)C(C)NCCc1ccnn1C. The van der Waals surface area contributed by atoms with Crippen LogP contribution in [-0.4, -0.2) is 22.4 Å². The molecule has 0 saturated carbocycles. The number of hydrogen-bond donors (Lipinski definition) is 1. The Hall–Kier alpha value is -0.830. The molecule has 0 radical (unpaired) electrons. The van der Waals surface area contributed by atoms with E-state index in [1.165, 1.54) is 12.1 Å². The van der Waals surface area contributed by atoms with Crippen molar-refractivity contribution in [2.24, 2.45) is 13.0 Å². The van der Waals surface area contributed by atoms with Crippen LogP contribution in [0.4, 0.5) is 0 Å². The quantitative estimate of drug-likeness (QED) is 0.776. The second-order valence-electron chi connectivity index (χ2n) is 4.32. The fourth-order valence-electron chi connectivity index (χ4n) is 1.63. The van der Waals surface area contributed by atoms with E-state index in [1.807, 2.05) is 17.9 Å². The normalized spacial score (nSPS) is 15.2. The summed E-state index contributed by atoms with van der Waals surface area (Å²) in [6, 6.07) is 2.68. The third-order valence-corrected chi connectivity index (χ3v) is 3.27. The number of aromatic nitrogens is 2. The van der Waals surface area contributed by atoms with Crippen molar-refractivity contribution in [3.63, 3.8) is 0 Å². The molecular formula is C12H23N3. The van der Waals surface area contributed by atoms with Crippen LogP contribution in [0, 0.1) is 5.92 Å². The zero-order valence-corrected chi connectivity index (χ0v) is 10.3. The van der Waals surface area contributed by atoms with Gasteiger partial charge in [0.15, 0.2) is 0 Å². The van der Waals surface area contributed by atoms with E-state index in [1.54, 1.807) is 0 Å². The lowest BCUT2D eigenvalue weighted by atomic mass is 10.0. The maximum atomic E-state index is 4.15. The van der Waals surface area contributed by atoms with Gasteiger partial charge in [0.1, 0.15) is 0 Å². The van der Waals surface area contributed by atoms with E-state index in [9.17, 15) is 0 Å². The second-order valence-corrected chi connectivity index (χ2v) is 4.32. The third-order valence-electron chi connectivity index (χ3n) is 3.27. The molecule has 0 aliphatic rings. The van der Waals surface area contributed by atoms with Gasteiger partial charge < -0.3 is 5.32 Å². The fourth-order valence-corrected chi connectivity index (χ4v) is 1.63. The van der Waals surface area contributed by atoms with E-state index in [0.717, 1.165) is 18.9 Å². The molecule has 0 aliphatic carbocycles. The van der Waals surface area contributed by atoms with Crippen molar-refractivity contribution in [3.8, 4) is 0 Å². The average Bonchev–Trinajstić information content (AvgIpc) is 2.63. The molecule has 1 rings (SSSR count). The fraction of sp³-hybridized carbons (Fsp3) is 0.750. The largest absolute Gasteiger partial charge is 0.314 e. The summed E-state index contributed by atoms with van der Waals surface area (Å²) in [6.07, 6.45) is 4.14. The monoisotopic (exact) mass is 209 g/mol. The highest BCUT2D eigenvalue weighted by Gasteiger charge is 2.08. The van der Waals surface area contributed by atoms with Crippen molar-refractivity contribution in [3.05, 3.63) is 18.0 Å². The van der Waals surface area contributed by atoms with E-state index in [-0.39, 0.29) is 0 Å². The van der Waals surface area contributed by atoms with Gasteiger partial charge in [-0.05, 0) is 18.9 Å². The first-order valence-electron chi connectivity index (χ1n) is 5.85. The molecule has 3 heteroatoms. The van der Waals surface area contributed by atoms with E-state index < -0.39 is 0 Å². The maximum Gasteiger partial charge on any atom is 0.0492 e. The van der Waals surface area contributed by atoms with Crippen LogP contribution >= 0.6 is 0 Å². The van der Waals surface area contributed by atoms with E-state index in [2.05, 4.69) is 37.3 Å². The minimum atomic E-state index is 0.600. The lowest BCUT2D eigenvalue weighted by molar-refractivity contribution is 0.391. The summed E-state index contributed by atoms with van der Waals surface area (Å²) < 4.78 is 1.94. The van der Waals surface area contributed by atoms with Crippen molar-refractivity contribution in [2.75, 3.05) is 6.54 Å². The summed E-state index contributed by atoms with van der Waals surface area (Å²) in [5.41, 5.74) is 1.29. The molecule has 0 fully saturated rings. The Kier molecular flexibility index (Phi) is 4.82. The van der Waals surface area contributed by atoms with Crippen LogP contribution in [0.25, 0.3) is 0 Å². The number of aryl methyl sites for hydroxylation is 1. The van der Waals surface area contributed by atoms with Gasteiger partial charge in [0.25, 0.3) is 0 Å². The molecule has 0 amide bonds. The minimum Gasteiger partial charge on any atom is -0.314 e. The Bertz CT molecular complexity index is 280. The van der Waals surface area contributed by atoms with E-state index in [0.29, 0.717) is 6.04 Å². The Morgan fingerprint density at radius 2 is 2.20 bits per heavy atom. The number of nitrogens with one attached hydrogen (secondary N) is 1. The molecule has 0 bridgehead atoms. The predicted octanol–water partition coefficient (Wildman–Crippen LogP) is 1.99. The van der Waals surface area contributed by atoms with Crippen LogP contribution in [0.2, 0.25) is 0 Å². The smallest absolute Gasteiger partial charge is 0.0492 e. The van der Waals surface area contributed by atoms with Crippen molar-refractivity contribution in [2.45, 2.75) is 39.7 Å². The maximum absolute atomic E-state index is 4.15. The van der Waals surface area contributed by atoms with Crippen molar-refractivity contribution in [1.82, 2.24) is 15.1 Å². The van der Waals surface area contributed by atoms with Crippen molar-refractivity contribution < 1.29 is 0 Å². The van der Waals surface area contributed by atoms with E-state index >= 15 is 0 Å². The second kappa shape index (κ2) is 5.91. The van der Waals surface area contributed by atoms with E-state index in [4.69, 9.17) is 0 Å². The molecular weight excluding hydrogens is 186 g/mol. The van der Waals surface area contributed by atoms with Gasteiger partial charge in [0.05, 0.1) is 0 Å². The van der Waals surface area contributed by atoms with Gasteiger partial charge in [-0.15, -0.1) is 0 Å². The molecule has 0 saturated heterocycles. The van der Waals surface area contributed by atoms with Crippen LogP contribution in [0.3, 0.4) is 0 Å². The molecule has 2 unspecified atom stereocenters. The summed E-state index contributed by atoms with van der Waals surface area (Å²) >= 11 is 0. The summed E-state index contributed by atoms with van der Waals surface area (Å²) in [4.78, 5) is 0. The topological polar surface area (TPSA) is 29.9 Å². The van der Waals surface area contributed by atoms with Crippen LogP contribution < -0.4 is 5.32 Å². The zero-order valence-electron chi connectivity index (χ0n) is 10.3. The molecule has 1 N–H and O–H groups in total. The Morgan fingerprint density at radius 3 is 2.73 bits per heavy atom. The molecule has 0 aliphatic heterocycles. The van der Waals surface area contributed by atoms with Gasteiger partial charge >= 0.3 is 0 Å². The van der Waals surface area contributed by atoms with Crippen molar-refractivity contribution in [1.29, 1.82) is 0 Å².